The van der Waals surface area contributed by atoms with Gasteiger partial charge in [-0.25, -0.2) is 5.43 Å². The minimum absolute atomic E-state index is 0.300. The highest BCUT2D eigenvalue weighted by molar-refractivity contribution is 7.98. The number of thioether (sulfide) groups is 1. The smallest absolute Gasteiger partial charge is 0.273 e. The maximum Gasteiger partial charge on any atom is 0.273 e. The SMILES string of the molecule is COC(C(=O)N/N=C/c1ccc(SC)cc1)c1ccccc1. The van der Waals surface area contributed by atoms with Crippen molar-refractivity contribution in [1.82, 2.24) is 5.43 Å². The quantitative estimate of drug-likeness (QED) is 0.506. The molecule has 22 heavy (non-hydrogen) atoms. The van der Waals surface area contributed by atoms with Gasteiger partial charge in [-0.2, -0.15) is 5.10 Å². The first kappa shape index (κ1) is 16.3. The van der Waals surface area contributed by atoms with Crippen molar-refractivity contribution in [3.8, 4) is 0 Å². The van der Waals surface area contributed by atoms with Crippen molar-refractivity contribution in [3.05, 3.63) is 65.7 Å². The lowest BCUT2D eigenvalue weighted by molar-refractivity contribution is -0.131. The fraction of sp³-hybridized carbons (Fsp3) is 0.176. The van der Waals surface area contributed by atoms with Crippen molar-refractivity contribution in [3.63, 3.8) is 0 Å². The summed E-state index contributed by atoms with van der Waals surface area (Å²) in [5, 5.41) is 3.98. The Hall–Kier alpha value is -2.11. The van der Waals surface area contributed by atoms with Crippen LogP contribution in [0.25, 0.3) is 0 Å². The largest absolute Gasteiger partial charge is 0.367 e. The molecule has 1 atom stereocenters. The van der Waals surface area contributed by atoms with E-state index >= 15 is 0 Å². The first-order chi connectivity index (χ1) is 10.7. The second kappa shape index (κ2) is 8.36. The molecule has 0 aliphatic rings. The van der Waals surface area contributed by atoms with Gasteiger partial charge in [0.05, 0.1) is 6.21 Å². The summed E-state index contributed by atoms with van der Waals surface area (Å²) in [6.45, 7) is 0. The van der Waals surface area contributed by atoms with Crippen molar-refractivity contribution < 1.29 is 9.53 Å². The van der Waals surface area contributed by atoms with Gasteiger partial charge in [-0.3, -0.25) is 4.79 Å². The van der Waals surface area contributed by atoms with E-state index in [9.17, 15) is 4.79 Å². The van der Waals surface area contributed by atoms with Gasteiger partial charge in [0.1, 0.15) is 0 Å². The summed E-state index contributed by atoms with van der Waals surface area (Å²) in [6.07, 6.45) is 2.97. The Bertz CT molecular complexity index is 627. The second-order valence-electron chi connectivity index (χ2n) is 4.53. The highest BCUT2D eigenvalue weighted by Crippen LogP contribution is 2.16. The average molecular weight is 314 g/mol. The Kier molecular flexibility index (Phi) is 6.18. The van der Waals surface area contributed by atoms with Gasteiger partial charge in [0.15, 0.2) is 6.10 Å². The van der Waals surface area contributed by atoms with E-state index in [1.54, 1.807) is 18.0 Å². The number of hydrazone groups is 1. The molecular weight excluding hydrogens is 296 g/mol. The van der Waals surface area contributed by atoms with Crippen molar-refractivity contribution in [2.24, 2.45) is 5.10 Å². The van der Waals surface area contributed by atoms with Crippen LogP contribution in [0.4, 0.5) is 0 Å². The molecule has 2 aromatic rings. The number of amides is 1. The number of methoxy groups -OCH3 is 1. The first-order valence-corrected chi connectivity index (χ1v) is 8.02. The molecule has 0 saturated heterocycles. The molecule has 2 rings (SSSR count). The van der Waals surface area contributed by atoms with Crippen molar-refractivity contribution in [1.29, 1.82) is 0 Å². The number of carbonyl (C=O) groups is 1. The molecule has 5 heteroatoms. The monoisotopic (exact) mass is 314 g/mol. The van der Waals surface area contributed by atoms with E-state index in [0.717, 1.165) is 11.1 Å². The Morgan fingerprint density at radius 2 is 1.86 bits per heavy atom. The van der Waals surface area contributed by atoms with E-state index in [1.165, 1.54) is 12.0 Å². The van der Waals surface area contributed by atoms with E-state index < -0.39 is 6.10 Å². The van der Waals surface area contributed by atoms with Crippen LogP contribution >= 0.6 is 11.8 Å². The average Bonchev–Trinajstić information content (AvgIpc) is 2.57. The molecule has 0 fully saturated rings. The Morgan fingerprint density at radius 3 is 2.45 bits per heavy atom. The fourth-order valence-corrected chi connectivity index (χ4v) is 2.35. The maximum atomic E-state index is 12.1. The van der Waals surface area contributed by atoms with E-state index in [1.807, 2.05) is 60.9 Å². The Morgan fingerprint density at radius 1 is 1.18 bits per heavy atom. The molecule has 0 aliphatic carbocycles. The molecule has 114 valence electrons. The van der Waals surface area contributed by atoms with Crippen molar-refractivity contribution >= 4 is 23.9 Å². The predicted molar refractivity (Wildman–Crippen MR) is 90.2 cm³/mol. The van der Waals surface area contributed by atoms with E-state index in [0.29, 0.717) is 0 Å². The summed E-state index contributed by atoms with van der Waals surface area (Å²) in [5.74, 6) is -0.300. The lowest BCUT2D eigenvalue weighted by Gasteiger charge is -2.13. The third-order valence-electron chi connectivity index (χ3n) is 3.08. The molecule has 0 saturated carbocycles. The van der Waals surface area contributed by atoms with Crippen LogP contribution in [-0.2, 0) is 9.53 Å². The minimum Gasteiger partial charge on any atom is -0.367 e. The molecule has 0 aliphatic heterocycles. The standard InChI is InChI=1S/C17H18N2O2S/c1-21-16(14-6-4-3-5-7-14)17(20)19-18-12-13-8-10-15(22-2)11-9-13/h3-12,16H,1-2H3,(H,19,20)/b18-12+. The molecule has 2 aromatic carbocycles. The van der Waals surface area contributed by atoms with Crippen LogP contribution in [0.5, 0.6) is 0 Å². The zero-order valence-corrected chi connectivity index (χ0v) is 13.3. The zero-order valence-electron chi connectivity index (χ0n) is 12.5. The fourth-order valence-electron chi connectivity index (χ4n) is 1.94. The zero-order chi connectivity index (χ0) is 15.8. The molecule has 0 aromatic heterocycles. The number of hydrogen-bond acceptors (Lipinski definition) is 4. The van der Waals surface area contributed by atoms with E-state index in [-0.39, 0.29) is 5.91 Å². The molecule has 1 amide bonds. The highest BCUT2D eigenvalue weighted by atomic mass is 32.2. The number of nitrogens with zero attached hydrogens (tertiary/aromatic N) is 1. The van der Waals surface area contributed by atoms with Crippen LogP contribution in [-0.4, -0.2) is 25.5 Å². The topological polar surface area (TPSA) is 50.7 Å². The highest BCUT2D eigenvalue weighted by Gasteiger charge is 2.18. The van der Waals surface area contributed by atoms with Crippen LogP contribution in [0, 0.1) is 0 Å². The molecular formula is C17H18N2O2S. The third-order valence-corrected chi connectivity index (χ3v) is 3.82. The van der Waals surface area contributed by atoms with Crippen LogP contribution in [0.3, 0.4) is 0 Å². The van der Waals surface area contributed by atoms with Gasteiger partial charge in [0.2, 0.25) is 0 Å². The van der Waals surface area contributed by atoms with Gasteiger partial charge in [0, 0.05) is 12.0 Å². The Balaban J connectivity index is 1.97. The molecule has 4 nitrogen and oxygen atoms in total. The molecule has 0 spiro atoms. The van der Waals surface area contributed by atoms with Gasteiger partial charge in [-0.15, -0.1) is 11.8 Å². The lowest BCUT2D eigenvalue weighted by Crippen LogP contribution is -2.26. The number of ether oxygens (including phenoxy) is 1. The molecule has 1 N–H and O–H groups in total. The first-order valence-electron chi connectivity index (χ1n) is 6.79. The number of benzene rings is 2. The van der Waals surface area contributed by atoms with Crippen molar-refractivity contribution in [2.45, 2.75) is 11.0 Å². The van der Waals surface area contributed by atoms with Gasteiger partial charge in [-0.1, -0.05) is 42.5 Å². The maximum absolute atomic E-state index is 12.1. The second-order valence-corrected chi connectivity index (χ2v) is 5.41. The third kappa shape index (κ3) is 4.44. The number of carbonyl (C=O) groups excluding carboxylic acids is 1. The van der Waals surface area contributed by atoms with Gasteiger partial charge in [0.25, 0.3) is 5.91 Å². The summed E-state index contributed by atoms with van der Waals surface area (Å²) in [5.41, 5.74) is 4.23. The van der Waals surface area contributed by atoms with Crippen LogP contribution < -0.4 is 5.43 Å². The molecule has 0 bridgehead atoms. The van der Waals surface area contributed by atoms with E-state index in [2.05, 4.69) is 10.5 Å². The minimum atomic E-state index is -0.669. The van der Waals surface area contributed by atoms with Crippen LogP contribution in [0.15, 0.2) is 64.6 Å². The molecule has 0 heterocycles. The summed E-state index contributed by atoms with van der Waals surface area (Å²) in [6, 6.07) is 17.2. The summed E-state index contributed by atoms with van der Waals surface area (Å²) in [7, 11) is 1.50. The number of rotatable bonds is 6. The lowest BCUT2D eigenvalue weighted by atomic mass is 10.1. The molecule has 1 unspecified atom stereocenters. The van der Waals surface area contributed by atoms with Gasteiger partial charge in [-0.05, 0) is 29.5 Å². The van der Waals surface area contributed by atoms with Crippen LogP contribution in [0.2, 0.25) is 0 Å². The van der Waals surface area contributed by atoms with Gasteiger partial charge >= 0.3 is 0 Å². The number of hydrogen-bond donors (Lipinski definition) is 1. The summed E-state index contributed by atoms with van der Waals surface area (Å²) in [4.78, 5) is 13.3. The Labute approximate surface area is 134 Å². The van der Waals surface area contributed by atoms with Gasteiger partial charge < -0.3 is 4.74 Å². The van der Waals surface area contributed by atoms with Crippen molar-refractivity contribution in [2.75, 3.05) is 13.4 Å². The summed E-state index contributed by atoms with van der Waals surface area (Å²) < 4.78 is 5.24. The summed E-state index contributed by atoms with van der Waals surface area (Å²) >= 11 is 1.68. The molecule has 0 radical (unpaired) electrons. The predicted octanol–water partition coefficient (Wildman–Crippen LogP) is 3.25. The number of nitrogens with one attached hydrogen (secondary N) is 1. The normalized spacial score (nSPS) is 12.3. The van der Waals surface area contributed by atoms with Crippen LogP contribution in [0.1, 0.15) is 17.2 Å². The van der Waals surface area contributed by atoms with E-state index in [4.69, 9.17) is 4.74 Å².